The van der Waals surface area contributed by atoms with Crippen LogP contribution in [-0.2, 0) is 4.79 Å². The summed E-state index contributed by atoms with van der Waals surface area (Å²) in [5, 5.41) is 29.8. The lowest BCUT2D eigenvalue weighted by molar-refractivity contribution is -0.143. The summed E-state index contributed by atoms with van der Waals surface area (Å²) in [5.41, 5.74) is -1.44. The number of carbonyl (C=O) groups is 1. The van der Waals surface area contributed by atoms with Crippen molar-refractivity contribution >= 4 is 5.78 Å². The van der Waals surface area contributed by atoms with Gasteiger partial charge >= 0.3 is 0 Å². The number of hydrogen-bond acceptors (Lipinski definition) is 4. The van der Waals surface area contributed by atoms with E-state index in [2.05, 4.69) is 0 Å². The summed E-state index contributed by atoms with van der Waals surface area (Å²) in [5.74, 6) is 0.668. The maximum Gasteiger partial charge on any atom is 0.164 e. The van der Waals surface area contributed by atoms with Crippen LogP contribution < -0.4 is 0 Å². The lowest BCUT2D eigenvalue weighted by atomic mass is 9.73. The van der Waals surface area contributed by atoms with Crippen LogP contribution in [0.3, 0.4) is 0 Å². The summed E-state index contributed by atoms with van der Waals surface area (Å²) in [6.07, 6.45) is 2.05. The summed E-state index contributed by atoms with van der Waals surface area (Å²) in [6.45, 7) is 3.91. The van der Waals surface area contributed by atoms with Gasteiger partial charge in [-0.3, -0.25) is 4.79 Å². The number of rotatable bonds is 2. The predicted molar refractivity (Wildman–Crippen MR) is 69.2 cm³/mol. The Kier molecular flexibility index (Phi) is 2.87. The van der Waals surface area contributed by atoms with Crippen molar-refractivity contribution in [3.63, 3.8) is 0 Å². The van der Waals surface area contributed by atoms with Gasteiger partial charge in [0.05, 0.1) is 0 Å². The molecule has 0 amide bonds. The third-order valence-electron chi connectivity index (χ3n) is 6.47. The normalized spacial score (nSPS) is 56.5. The van der Waals surface area contributed by atoms with E-state index in [0.717, 1.165) is 12.8 Å². The molecule has 7 atom stereocenters. The van der Waals surface area contributed by atoms with E-state index in [1.807, 2.05) is 6.92 Å². The minimum atomic E-state index is -1.25. The quantitative estimate of drug-likeness (QED) is 0.685. The monoisotopic (exact) mass is 268 g/mol. The molecule has 0 aromatic carbocycles. The molecule has 3 N–H and O–H groups in total. The first-order valence-electron chi connectivity index (χ1n) is 7.35. The van der Waals surface area contributed by atoms with E-state index in [9.17, 15) is 20.1 Å². The van der Waals surface area contributed by atoms with Crippen LogP contribution in [0.5, 0.6) is 0 Å². The number of ketones is 1. The molecule has 0 saturated heterocycles. The fraction of sp³-hybridized carbons (Fsp3) is 0.933. The molecule has 0 aromatic rings. The molecule has 3 rings (SSSR count). The molecule has 0 aromatic heterocycles. The minimum Gasteiger partial charge on any atom is -0.396 e. The van der Waals surface area contributed by atoms with Crippen LogP contribution in [0.25, 0.3) is 0 Å². The maximum absolute atomic E-state index is 12.3. The standard InChI is InChI=1S/C15H24O4/c1-14(7-17)10-5-11(18)15(2,19)9-4-3-8(6-16)12(9)13(10)14/h8-10,12-13,16-17,19H,3-7H2,1-2H3. The average molecular weight is 268 g/mol. The first-order chi connectivity index (χ1) is 8.87. The number of fused-ring (bicyclic) bond motifs is 3. The van der Waals surface area contributed by atoms with Gasteiger partial charge < -0.3 is 15.3 Å². The molecular weight excluding hydrogens is 244 g/mol. The van der Waals surface area contributed by atoms with Crippen molar-refractivity contribution in [1.29, 1.82) is 0 Å². The highest BCUT2D eigenvalue weighted by Gasteiger charge is 2.70. The number of hydrogen-bond donors (Lipinski definition) is 3. The van der Waals surface area contributed by atoms with Gasteiger partial charge in [0.1, 0.15) is 5.60 Å². The van der Waals surface area contributed by atoms with Gasteiger partial charge in [-0.15, -0.1) is 0 Å². The Morgan fingerprint density at radius 2 is 1.89 bits per heavy atom. The Balaban J connectivity index is 1.99. The first kappa shape index (κ1) is 13.5. The molecule has 4 nitrogen and oxygen atoms in total. The molecule has 108 valence electrons. The number of Topliss-reactive ketones (excluding diaryl/α,β-unsaturated/α-hetero) is 1. The van der Waals surface area contributed by atoms with E-state index in [-0.39, 0.29) is 54.0 Å². The lowest BCUT2D eigenvalue weighted by Crippen LogP contribution is -2.45. The molecule has 0 bridgehead atoms. The summed E-state index contributed by atoms with van der Waals surface area (Å²) < 4.78 is 0. The molecule has 0 heterocycles. The molecule has 19 heavy (non-hydrogen) atoms. The van der Waals surface area contributed by atoms with Crippen molar-refractivity contribution in [1.82, 2.24) is 0 Å². The Hall–Kier alpha value is -0.450. The Morgan fingerprint density at radius 3 is 2.47 bits per heavy atom. The highest BCUT2D eigenvalue weighted by Crippen LogP contribution is 2.70. The van der Waals surface area contributed by atoms with Crippen LogP contribution in [0.2, 0.25) is 0 Å². The molecular formula is C15H24O4. The third kappa shape index (κ3) is 1.60. The fourth-order valence-electron chi connectivity index (χ4n) is 5.12. The van der Waals surface area contributed by atoms with Crippen molar-refractivity contribution in [2.24, 2.45) is 35.0 Å². The van der Waals surface area contributed by atoms with Crippen LogP contribution in [0.15, 0.2) is 0 Å². The van der Waals surface area contributed by atoms with Crippen LogP contribution in [0, 0.1) is 35.0 Å². The second kappa shape index (κ2) is 4.03. The minimum absolute atomic E-state index is 0.0551. The molecule has 3 aliphatic carbocycles. The molecule has 7 unspecified atom stereocenters. The van der Waals surface area contributed by atoms with Gasteiger partial charge in [0.25, 0.3) is 0 Å². The van der Waals surface area contributed by atoms with Gasteiger partial charge in [-0.05, 0) is 54.8 Å². The van der Waals surface area contributed by atoms with E-state index in [1.54, 1.807) is 6.92 Å². The van der Waals surface area contributed by atoms with Crippen LogP contribution in [-0.4, -0.2) is 39.9 Å². The number of aliphatic hydroxyl groups excluding tert-OH is 2. The molecule has 0 radical (unpaired) electrons. The molecule has 0 spiro atoms. The van der Waals surface area contributed by atoms with Crippen LogP contribution in [0.4, 0.5) is 0 Å². The van der Waals surface area contributed by atoms with E-state index in [4.69, 9.17) is 0 Å². The zero-order valence-electron chi connectivity index (χ0n) is 11.7. The van der Waals surface area contributed by atoms with Gasteiger partial charge in [-0.25, -0.2) is 0 Å². The zero-order valence-corrected chi connectivity index (χ0v) is 11.7. The van der Waals surface area contributed by atoms with Crippen molar-refractivity contribution in [3.8, 4) is 0 Å². The van der Waals surface area contributed by atoms with E-state index in [0.29, 0.717) is 6.42 Å². The Morgan fingerprint density at radius 1 is 1.21 bits per heavy atom. The zero-order chi connectivity index (χ0) is 14.0. The topological polar surface area (TPSA) is 77.8 Å². The largest absolute Gasteiger partial charge is 0.396 e. The Labute approximate surface area is 113 Å². The second-order valence-electron chi connectivity index (χ2n) is 7.27. The molecule has 3 fully saturated rings. The number of carbonyl (C=O) groups excluding carboxylic acids is 1. The van der Waals surface area contributed by atoms with Crippen molar-refractivity contribution < 1.29 is 20.1 Å². The van der Waals surface area contributed by atoms with E-state index in [1.165, 1.54) is 0 Å². The maximum atomic E-state index is 12.3. The van der Waals surface area contributed by atoms with Crippen LogP contribution in [0.1, 0.15) is 33.1 Å². The Bertz CT molecular complexity index is 405. The SMILES string of the molecule is CC1(O)C(=O)CC2C(C3C(CO)CCC31)C2(C)CO. The van der Waals surface area contributed by atoms with Crippen molar-refractivity contribution in [2.45, 2.75) is 38.7 Å². The summed E-state index contributed by atoms with van der Waals surface area (Å²) in [7, 11) is 0. The molecule has 3 aliphatic rings. The fourth-order valence-corrected chi connectivity index (χ4v) is 5.12. The highest BCUT2D eigenvalue weighted by molar-refractivity contribution is 5.88. The van der Waals surface area contributed by atoms with Gasteiger partial charge in [0.15, 0.2) is 5.78 Å². The average Bonchev–Trinajstić information content (AvgIpc) is 2.78. The molecule has 4 heteroatoms. The van der Waals surface area contributed by atoms with E-state index >= 15 is 0 Å². The lowest BCUT2D eigenvalue weighted by Gasteiger charge is -2.34. The molecule has 3 saturated carbocycles. The summed E-state index contributed by atoms with van der Waals surface area (Å²) in [4.78, 5) is 12.3. The smallest absolute Gasteiger partial charge is 0.164 e. The summed E-state index contributed by atoms with van der Waals surface area (Å²) >= 11 is 0. The third-order valence-corrected chi connectivity index (χ3v) is 6.47. The molecule has 0 aliphatic heterocycles. The van der Waals surface area contributed by atoms with Crippen molar-refractivity contribution in [3.05, 3.63) is 0 Å². The van der Waals surface area contributed by atoms with Crippen LogP contribution >= 0.6 is 0 Å². The van der Waals surface area contributed by atoms with Gasteiger partial charge in [-0.2, -0.15) is 0 Å². The highest BCUT2D eigenvalue weighted by atomic mass is 16.3. The van der Waals surface area contributed by atoms with Crippen molar-refractivity contribution in [2.75, 3.05) is 13.2 Å². The summed E-state index contributed by atoms with van der Waals surface area (Å²) in [6, 6.07) is 0. The first-order valence-corrected chi connectivity index (χ1v) is 7.35. The van der Waals surface area contributed by atoms with Gasteiger partial charge in [-0.1, -0.05) is 6.92 Å². The van der Waals surface area contributed by atoms with Gasteiger partial charge in [0, 0.05) is 19.6 Å². The number of aliphatic hydroxyl groups is 3. The van der Waals surface area contributed by atoms with Gasteiger partial charge in [0.2, 0.25) is 0 Å². The second-order valence-corrected chi connectivity index (χ2v) is 7.27. The van der Waals surface area contributed by atoms with E-state index < -0.39 is 5.60 Å². The predicted octanol–water partition coefficient (Wildman–Crippen LogP) is 0.589.